The Labute approximate surface area is 186 Å². The van der Waals surface area contributed by atoms with Gasteiger partial charge in [-0.3, -0.25) is 0 Å². The van der Waals surface area contributed by atoms with Gasteiger partial charge in [0.15, 0.2) is 11.5 Å². The maximum atomic E-state index is 5.80. The summed E-state index contributed by atoms with van der Waals surface area (Å²) in [4.78, 5) is 0. The van der Waals surface area contributed by atoms with E-state index in [0.717, 1.165) is 30.2 Å². The van der Waals surface area contributed by atoms with Crippen molar-refractivity contribution in [3.05, 3.63) is 36.4 Å². The highest BCUT2D eigenvalue weighted by atomic mass is 16.5. The lowest BCUT2D eigenvalue weighted by molar-refractivity contribution is 0.322. The Balaban J connectivity index is 1.98. The average Bonchev–Trinajstić information content (AvgIpc) is 2.77. The van der Waals surface area contributed by atoms with Gasteiger partial charge in [0.1, 0.15) is 6.61 Å². The number of unbranched alkanes of at least 4 members (excludes halogenated alkanes) is 13. The van der Waals surface area contributed by atoms with Crippen molar-refractivity contribution >= 4 is 0 Å². The van der Waals surface area contributed by atoms with Crippen LogP contribution in [0.5, 0.6) is 11.5 Å². The van der Waals surface area contributed by atoms with Crippen molar-refractivity contribution in [3.8, 4) is 11.5 Å². The topological polar surface area (TPSA) is 30.5 Å². The van der Waals surface area contributed by atoms with Crippen molar-refractivity contribution in [2.45, 2.75) is 103 Å². The molecule has 1 aromatic rings. The Kier molecular flexibility index (Phi) is 17.2. The number of rotatable bonds is 21. The molecule has 1 aromatic carbocycles. The Hall–Kier alpha value is -1.48. The molecule has 0 atom stereocenters. The zero-order valence-corrected chi connectivity index (χ0v) is 19.9. The lowest BCUT2D eigenvalue weighted by Crippen LogP contribution is -2.15. The third kappa shape index (κ3) is 13.0. The quantitative estimate of drug-likeness (QED) is 0.163. The minimum Gasteiger partial charge on any atom is -0.493 e. The van der Waals surface area contributed by atoms with Gasteiger partial charge in [-0.1, -0.05) is 115 Å². The summed E-state index contributed by atoms with van der Waals surface area (Å²) in [6, 6.07) is 6.05. The lowest BCUT2D eigenvalue weighted by atomic mass is 10.0. The third-order valence-electron chi connectivity index (χ3n) is 5.65. The molecule has 0 heterocycles. The van der Waals surface area contributed by atoms with Crippen LogP contribution in [-0.4, -0.2) is 20.3 Å². The molecule has 0 bridgehead atoms. The predicted molar refractivity (Wildman–Crippen MR) is 131 cm³/mol. The van der Waals surface area contributed by atoms with E-state index in [1.54, 1.807) is 13.2 Å². The van der Waals surface area contributed by atoms with Crippen LogP contribution in [0.25, 0.3) is 0 Å². The molecule has 0 aliphatic heterocycles. The molecule has 3 heteroatoms. The van der Waals surface area contributed by atoms with Crippen molar-refractivity contribution in [2.24, 2.45) is 0 Å². The highest BCUT2D eigenvalue weighted by Gasteiger charge is 2.09. The summed E-state index contributed by atoms with van der Waals surface area (Å²) >= 11 is 0. The highest BCUT2D eigenvalue weighted by Crippen LogP contribution is 2.31. The fourth-order valence-electron chi connectivity index (χ4n) is 3.83. The molecule has 0 saturated carbocycles. The molecular weight excluding hydrogens is 370 g/mol. The first-order valence-electron chi connectivity index (χ1n) is 12.4. The molecule has 3 nitrogen and oxygen atoms in total. The van der Waals surface area contributed by atoms with E-state index in [1.807, 2.05) is 12.1 Å². The van der Waals surface area contributed by atoms with E-state index in [9.17, 15) is 0 Å². The van der Waals surface area contributed by atoms with Crippen molar-refractivity contribution in [2.75, 3.05) is 20.3 Å². The molecule has 1 N–H and O–H groups in total. The Morgan fingerprint density at radius 1 is 0.833 bits per heavy atom. The summed E-state index contributed by atoms with van der Waals surface area (Å²) in [5.41, 5.74) is 1.14. The zero-order chi connectivity index (χ0) is 21.7. The molecule has 172 valence electrons. The van der Waals surface area contributed by atoms with Gasteiger partial charge in [0.2, 0.25) is 0 Å². The van der Waals surface area contributed by atoms with Crippen LogP contribution in [-0.2, 0) is 6.54 Å². The van der Waals surface area contributed by atoms with Gasteiger partial charge < -0.3 is 14.8 Å². The van der Waals surface area contributed by atoms with Crippen LogP contribution in [0.1, 0.15) is 102 Å². The molecule has 0 spiro atoms. The number of para-hydroxylation sites is 1. The molecule has 0 radical (unpaired) electrons. The molecular formula is C27H47NO2. The maximum Gasteiger partial charge on any atom is 0.166 e. The second kappa shape index (κ2) is 19.5. The van der Waals surface area contributed by atoms with Crippen LogP contribution >= 0.6 is 0 Å². The molecule has 1 rings (SSSR count). The Bertz CT molecular complexity index is 530. The molecule has 0 unspecified atom stereocenters. The summed E-state index contributed by atoms with van der Waals surface area (Å²) in [6.07, 6.45) is 21.4. The van der Waals surface area contributed by atoms with Crippen LogP contribution in [0.4, 0.5) is 0 Å². The minimum absolute atomic E-state index is 0.492. The molecule has 0 aromatic heterocycles. The van der Waals surface area contributed by atoms with E-state index in [2.05, 4.69) is 24.9 Å². The van der Waals surface area contributed by atoms with E-state index >= 15 is 0 Å². The van der Waals surface area contributed by atoms with Crippen molar-refractivity contribution in [3.63, 3.8) is 0 Å². The Morgan fingerprint density at radius 3 is 1.93 bits per heavy atom. The van der Waals surface area contributed by atoms with E-state index in [0.29, 0.717) is 6.61 Å². The average molecular weight is 418 g/mol. The van der Waals surface area contributed by atoms with E-state index in [1.165, 1.54) is 89.9 Å². The van der Waals surface area contributed by atoms with E-state index < -0.39 is 0 Å². The molecule has 0 aliphatic rings. The second-order valence-corrected chi connectivity index (χ2v) is 8.32. The monoisotopic (exact) mass is 417 g/mol. The van der Waals surface area contributed by atoms with Gasteiger partial charge in [0.25, 0.3) is 0 Å². The summed E-state index contributed by atoms with van der Waals surface area (Å²) in [5, 5.41) is 3.55. The third-order valence-corrected chi connectivity index (χ3v) is 5.65. The summed E-state index contributed by atoms with van der Waals surface area (Å²) in [5.74, 6) is 1.61. The van der Waals surface area contributed by atoms with Crippen molar-refractivity contribution in [1.29, 1.82) is 0 Å². The number of methoxy groups -OCH3 is 1. The molecule has 0 saturated heterocycles. The standard InChI is InChI=1S/C27H47NO2/c1-4-6-7-8-9-10-11-12-13-14-15-16-17-18-22-28-24-25-20-19-21-26(29-3)27(25)30-23-5-2/h5,19-21,28H,2,4,6-18,22-24H2,1,3H3. The van der Waals surface area contributed by atoms with Crippen molar-refractivity contribution in [1.82, 2.24) is 5.32 Å². The second-order valence-electron chi connectivity index (χ2n) is 8.32. The molecule has 0 amide bonds. The van der Waals surface area contributed by atoms with Gasteiger partial charge in [0.05, 0.1) is 7.11 Å². The van der Waals surface area contributed by atoms with Gasteiger partial charge in [-0.25, -0.2) is 0 Å². The van der Waals surface area contributed by atoms with Crippen LogP contribution < -0.4 is 14.8 Å². The minimum atomic E-state index is 0.492. The largest absolute Gasteiger partial charge is 0.493 e. The van der Waals surface area contributed by atoms with Gasteiger partial charge in [-0.15, -0.1) is 0 Å². The Morgan fingerprint density at radius 2 is 1.40 bits per heavy atom. The summed E-state index contributed by atoms with van der Waals surface area (Å²) in [6.45, 7) is 8.37. The summed E-state index contributed by atoms with van der Waals surface area (Å²) in [7, 11) is 1.68. The molecule has 30 heavy (non-hydrogen) atoms. The summed E-state index contributed by atoms with van der Waals surface area (Å²) < 4.78 is 11.2. The van der Waals surface area contributed by atoms with Gasteiger partial charge >= 0.3 is 0 Å². The van der Waals surface area contributed by atoms with Gasteiger partial charge in [-0.05, 0) is 19.0 Å². The molecule has 0 fully saturated rings. The first kappa shape index (κ1) is 26.6. The number of nitrogens with one attached hydrogen (secondary N) is 1. The van der Waals surface area contributed by atoms with E-state index in [-0.39, 0.29) is 0 Å². The molecule has 0 aliphatic carbocycles. The fourth-order valence-corrected chi connectivity index (χ4v) is 3.83. The number of benzene rings is 1. The van der Waals surface area contributed by atoms with Gasteiger partial charge in [0, 0.05) is 12.1 Å². The smallest absolute Gasteiger partial charge is 0.166 e. The van der Waals surface area contributed by atoms with Crippen LogP contribution in [0.3, 0.4) is 0 Å². The van der Waals surface area contributed by atoms with Crippen LogP contribution in [0, 0.1) is 0 Å². The van der Waals surface area contributed by atoms with Crippen LogP contribution in [0.2, 0.25) is 0 Å². The zero-order valence-electron chi connectivity index (χ0n) is 19.9. The lowest BCUT2D eigenvalue weighted by Gasteiger charge is -2.14. The number of hydrogen-bond donors (Lipinski definition) is 1. The van der Waals surface area contributed by atoms with Crippen molar-refractivity contribution < 1.29 is 9.47 Å². The first-order chi connectivity index (χ1) is 14.8. The van der Waals surface area contributed by atoms with Gasteiger partial charge in [-0.2, -0.15) is 0 Å². The predicted octanol–water partition coefficient (Wildman–Crippen LogP) is 7.83. The normalized spacial score (nSPS) is 10.9. The highest BCUT2D eigenvalue weighted by molar-refractivity contribution is 5.46. The van der Waals surface area contributed by atoms with E-state index in [4.69, 9.17) is 9.47 Å². The SMILES string of the molecule is C=CCOc1c(CNCCCCCCCCCCCCCCCC)cccc1OC. The first-order valence-corrected chi connectivity index (χ1v) is 12.4. The van der Waals surface area contributed by atoms with Crippen LogP contribution in [0.15, 0.2) is 30.9 Å². The number of ether oxygens (including phenoxy) is 2. The maximum absolute atomic E-state index is 5.80. The fraction of sp³-hybridized carbons (Fsp3) is 0.704. The number of hydrogen-bond acceptors (Lipinski definition) is 3.